The molecule has 2 N–H and O–H groups in total. The molecule has 0 aromatic carbocycles. The first kappa shape index (κ1) is 25.3. The molecule has 0 saturated carbocycles. The third-order valence-electron chi connectivity index (χ3n) is 2.15. The summed E-state index contributed by atoms with van der Waals surface area (Å²) in [5.74, 6) is 0. The molecule has 0 bridgehead atoms. The van der Waals surface area contributed by atoms with Gasteiger partial charge in [0.05, 0.1) is 15.0 Å². The van der Waals surface area contributed by atoms with Gasteiger partial charge in [0.2, 0.25) is 0 Å². The quantitative estimate of drug-likeness (QED) is 0.275. The van der Waals surface area contributed by atoms with Gasteiger partial charge >= 0.3 is 59.1 Å². The molecule has 0 aromatic rings. The van der Waals surface area contributed by atoms with Gasteiger partial charge in [0.1, 0.15) is 0 Å². The molecule has 18 heavy (non-hydrogen) atoms. The molecule has 6 nitrogen and oxygen atoms in total. The summed E-state index contributed by atoms with van der Waals surface area (Å²) in [5, 5.41) is 4.69. The monoisotopic (exact) mass is 316 g/mol. The fraction of sp³-hybridized carbons (Fsp3) is 1.00. The third-order valence-corrected chi connectivity index (χ3v) is 6.20. The zero-order chi connectivity index (χ0) is 13.0. The van der Waals surface area contributed by atoms with Gasteiger partial charge in [-0.05, 0) is 0 Å². The molecule has 0 amide bonds. The molecule has 2 unspecified atom stereocenters. The number of hydrogen-bond acceptors (Lipinski definition) is 4. The normalized spacial score (nSPS) is 17.6. The molecule has 0 rings (SSSR count). The van der Waals surface area contributed by atoms with E-state index in [1.807, 2.05) is 0 Å². The van der Waals surface area contributed by atoms with Crippen LogP contribution < -0.4 is 79.1 Å². The predicted molar refractivity (Wildman–Crippen MR) is 61.5 cm³/mol. The van der Waals surface area contributed by atoms with E-state index in [1.54, 1.807) is 27.7 Å². The van der Waals surface area contributed by atoms with Crippen LogP contribution in [0.2, 0.25) is 0 Å². The molecule has 2 atom stereocenters. The van der Waals surface area contributed by atoms with Gasteiger partial charge < -0.3 is 18.9 Å². The average molecular weight is 316 g/mol. The van der Waals surface area contributed by atoms with Crippen molar-refractivity contribution in [2.45, 2.75) is 39.0 Å². The van der Waals surface area contributed by atoms with E-state index in [-0.39, 0.29) is 72.2 Å². The minimum absolute atomic E-state index is 0. The Morgan fingerprint density at radius 1 is 0.833 bits per heavy atom. The van der Waals surface area contributed by atoms with Crippen LogP contribution >= 0.6 is 15.0 Å². The molecule has 0 aliphatic rings. The maximum Gasteiger partial charge on any atom is 1.00 e. The van der Waals surface area contributed by atoms with E-state index >= 15 is 0 Å². The van der Waals surface area contributed by atoms with Gasteiger partial charge in [-0.25, -0.2) is 0 Å². The molecule has 0 aliphatic carbocycles. The molecular weight excluding hydrogens is 296 g/mol. The maximum absolute atomic E-state index is 11.3. The number of nitrogens with one attached hydrogen (secondary N) is 2. The summed E-state index contributed by atoms with van der Waals surface area (Å²) >= 11 is 0. The van der Waals surface area contributed by atoms with E-state index in [9.17, 15) is 18.9 Å². The summed E-state index contributed by atoms with van der Waals surface area (Å²) < 4.78 is 22.7. The van der Waals surface area contributed by atoms with Crippen LogP contribution in [0.15, 0.2) is 0 Å². The minimum atomic E-state index is -3.60. The van der Waals surface area contributed by atoms with Crippen molar-refractivity contribution in [3.63, 3.8) is 0 Å². The van der Waals surface area contributed by atoms with E-state index in [1.165, 1.54) is 0 Å². The maximum atomic E-state index is 11.3. The largest absolute Gasteiger partial charge is 1.00 e. The average Bonchev–Trinajstić information content (AvgIpc) is 2.12. The van der Waals surface area contributed by atoms with Crippen molar-refractivity contribution in [1.29, 1.82) is 0 Å². The van der Waals surface area contributed by atoms with Gasteiger partial charge in [-0.1, -0.05) is 27.7 Å². The van der Waals surface area contributed by atoms with E-state index in [0.29, 0.717) is 0 Å². The zero-order valence-corrected chi connectivity index (χ0v) is 17.9. The summed E-state index contributed by atoms with van der Waals surface area (Å²) in [5.41, 5.74) is -0.978. The Balaban J connectivity index is -0.00000112. The molecule has 0 fully saturated rings. The third kappa shape index (κ3) is 10.1. The van der Waals surface area contributed by atoms with E-state index in [0.717, 1.165) is 0 Å². The first-order chi connectivity index (χ1) is 7.09. The first-order valence-corrected chi connectivity index (χ1v) is 8.60. The summed E-state index contributed by atoms with van der Waals surface area (Å²) in [6.07, 6.45) is 0. The van der Waals surface area contributed by atoms with E-state index in [2.05, 4.69) is 10.2 Å². The van der Waals surface area contributed by atoms with Crippen molar-refractivity contribution in [3.05, 3.63) is 0 Å². The van der Waals surface area contributed by atoms with Gasteiger partial charge in [-0.15, -0.1) is 0 Å². The topological polar surface area (TPSA) is 104 Å². The summed E-state index contributed by atoms with van der Waals surface area (Å²) in [6.45, 7) is 6.44. The van der Waals surface area contributed by atoms with E-state index < -0.39 is 26.4 Å². The molecular formula is C8H20N2Na2O4P2. The van der Waals surface area contributed by atoms with Crippen LogP contribution in [0.3, 0.4) is 0 Å². The fourth-order valence-electron chi connectivity index (χ4n) is 0.789. The van der Waals surface area contributed by atoms with Crippen LogP contribution in [0, 0.1) is 0 Å². The Bertz CT molecular complexity index is 285. The van der Waals surface area contributed by atoms with Crippen molar-refractivity contribution in [2.24, 2.45) is 0 Å². The number of hydrogen-bond donors (Lipinski definition) is 2. The Hall–Kier alpha value is 2.30. The van der Waals surface area contributed by atoms with Crippen LogP contribution in [0.25, 0.3) is 0 Å². The summed E-state index contributed by atoms with van der Waals surface area (Å²) in [7, 11) is -7.20. The molecule has 0 saturated heterocycles. The number of rotatable bonds is 7. The van der Waals surface area contributed by atoms with Crippen molar-refractivity contribution < 1.29 is 78.0 Å². The van der Waals surface area contributed by atoms with Crippen LogP contribution in [0.4, 0.5) is 0 Å². The van der Waals surface area contributed by atoms with Crippen LogP contribution in [-0.4, -0.2) is 24.4 Å². The van der Waals surface area contributed by atoms with Crippen molar-refractivity contribution in [3.8, 4) is 0 Å². The second-order valence-electron chi connectivity index (χ2n) is 4.20. The Labute approximate surface area is 154 Å². The Kier molecular flexibility index (Phi) is 15.4. The Morgan fingerprint density at radius 3 is 1.22 bits per heavy atom. The second-order valence-corrected chi connectivity index (χ2v) is 9.28. The molecule has 98 valence electrons. The molecule has 0 spiro atoms. The molecule has 0 aliphatic heterocycles. The smallest absolute Gasteiger partial charge is 0.788 e. The summed E-state index contributed by atoms with van der Waals surface area (Å²) in [6, 6.07) is 0. The molecule has 0 heterocycles. The molecule has 0 radical (unpaired) electrons. The van der Waals surface area contributed by atoms with Gasteiger partial charge in [-0.3, -0.25) is 10.2 Å². The Morgan fingerprint density at radius 2 is 1.06 bits per heavy atom. The van der Waals surface area contributed by atoms with Crippen LogP contribution in [0.5, 0.6) is 0 Å². The van der Waals surface area contributed by atoms with Crippen LogP contribution in [-0.2, 0) is 9.13 Å². The van der Waals surface area contributed by atoms with Crippen LogP contribution in [0.1, 0.15) is 27.7 Å². The fourth-order valence-corrected chi connectivity index (χ4v) is 2.37. The first-order valence-electron chi connectivity index (χ1n) is 5.21. The molecule has 10 heteroatoms. The van der Waals surface area contributed by atoms with E-state index in [4.69, 9.17) is 0 Å². The second kappa shape index (κ2) is 10.9. The SMILES string of the molecule is CC(C)P(=O)([O-])NCCNP(=O)([O-])C(C)C.[Na+].[Na+]. The molecule has 0 aromatic heterocycles. The van der Waals surface area contributed by atoms with Gasteiger partial charge in [0.25, 0.3) is 0 Å². The van der Waals surface area contributed by atoms with Gasteiger partial charge in [0, 0.05) is 24.4 Å². The van der Waals surface area contributed by atoms with Gasteiger partial charge in [-0.2, -0.15) is 0 Å². The van der Waals surface area contributed by atoms with Crippen molar-refractivity contribution in [2.75, 3.05) is 13.1 Å². The standard InChI is InChI=1S/C8H22N2O4P2.2Na/c1-7(2)15(11,12)9-5-6-10-16(13,14)8(3)4;;/h7-8H,5-6H2,1-4H3,(H2,9,11,12)(H2,10,13,14);;/q;2*+1/p-2. The van der Waals surface area contributed by atoms with Crippen molar-refractivity contribution >= 4 is 15.0 Å². The van der Waals surface area contributed by atoms with Crippen molar-refractivity contribution in [1.82, 2.24) is 10.2 Å². The minimum Gasteiger partial charge on any atom is -0.788 e. The summed E-state index contributed by atoms with van der Waals surface area (Å²) in [4.78, 5) is 22.7. The van der Waals surface area contributed by atoms with Gasteiger partial charge in [0.15, 0.2) is 0 Å². The predicted octanol–water partition coefficient (Wildman–Crippen LogP) is -5.90. The zero-order valence-electron chi connectivity index (χ0n) is 12.1.